The Morgan fingerprint density at radius 2 is 1.85 bits per heavy atom. The van der Waals surface area contributed by atoms with Gasteiger partial charge >= 0.3 is 5.97 Å². The molecular formula is C27H27BrN2O3S. The number of hydrogen-bond acceptors (Lipinski definition) is 5. The molecule has 2 aromatic carbocycles. The first-order valence-corrected chi connectivity index (χ1v) is 13.5. The molecule has 3 aromatic rings. The monoisotopic (exact) mass is 538 g/mol. The molecule has 4 saturated carbocycles. The van der Waals surface area contributed by atoms with Crippen LogP contribution in [0.4, 0.5) is 5.69 Å². The van der Waals surface area contributed by atoms with Gasteiger partial charge in [-0.1, -0.05) is 22.0 Å². The van der Waals surface area contributed by atoms with Crippen molar-refractivity contribution in [1.82, 2.24) is 4.98 Å². The SMILES string of the molecule is Cc1ccc2nc(-c3ccc(NC(=O)COC(=O)C45CC6CC(CC(Br)(C6)C4)C5)cc3)sc2c1. The number of hydrogen-bond donors (Lipinski definition) is 1. The molecule has 2 atom stereocenters. The summed E-state index contributed by atoms with van der Waals surface area (Å²) in [6, 6.07) is 13.9. The summed E-state index contributed by atoms with van der Waals surface area (Å²) in [6.07, 6.45) is 6.20. The van der Waals surface area contributed by atoms with Crippen molar-refractivity contribution in [3.05, 3.63) is 48.0 Å². The highest BCUT2D eigenvalue weighted by atomic mass is 79.9. The number of benzene rings is 2. The zero-order valence-corrected chi connectivity index (χ0v) is 21.5. The number of rotatable bonds is 5. The molecule has 0 spiro atoms. The molecule has 0 saturated heterocycles. The number of esters is 1. The molecule has 4 aliphatic carbocycles. The van der Waals surface area contributed by atoms with Crippen molar-refractivity contribution in [3.8, 4) is 10.6 Å². The molecule has 4 bridgehead atoms. The van der Waals surface area contributed by atoms with Crippen molar-refractivity contribution in [1.29, 1.82) is 0 Å². The molecule has 1 amide bonds. The number of amides is 1. The van der Waals surface area contributed by atoms with Gasteiger partial charge in [-0.15, -0.1) is 11.3 Å². The minimum atomic E-state index is -0.411. The number of aromatic nitrogens is 1. The third kappa shape index (κ3) is 4.07. The highest BCUT2D eigenvalue weighted by Gasteiger charge is 2.60. The maximum absolute atomic E-state index is 13.1. The summed E-state index contributed by atoms with van der Waals surface area (Å²) in [5.41, 5.74) is 3.49. The third-order valence-electron chi connectivity index (χ3n) is 7.72. The number of nitrogens with zero attached hydrogens (tertiary/aromatic N) is 1. The molecule has 4 fully saturated rings. The lowest BCUT2D eigenvalue weighted by atomic mass is 9.49. The molecule has 2 unspecified atom stereocenters. The standard InChI is InChI=1S/C27H27BrN2O3S/c1-16-2-7-21-22(8-16)34-24(30-21)19-3-5-20(6-4-19)29-23(31)14-33-25(32)26-10-17-9-18(11-26)13-27(28,12-17)15-26/h2-8,17-18H,9-15H2,1H3,(H,29,31). The van der Waals surface area contributed by atoms with E-state index in [0.717, 1.165) is 48.2 Å². The maximum Gasteiger partial charge on any atom is 0.312 e. The van der Waals surface area contributed by atoms with Crippen molar-refractivity contribution in [2.45, 2.75) is 49.8 Å². The fourth-order valence-corrected chi connectivity index (χ4v) is 9.24. The van der Waals surface area contributed by atoms with Gasteiger partial charge in [-0.25, -0.2) is 4.98 Å². The molecule has 1 aromatic heterocycles. The first-order valence-electron chi connectivity index (χ1n) is 11.9. The highest BCUT2D eigenvalue weighted by Crippen LogP contribution is 2.64. The second-order valence-electron chi connectivity index (χ2n) is 10.6. The Labute approximate surface area is 211 Å². The van der Waals surface area contributed by atoms with Gasteiger partial charge in [0.1, 0.15) is 5.01 Å². The quantitative estimate of drug-likeness (QED) is 0.298. The van der Waals surface area contributed by atoms with Crippen LogP contribution in [0, 0.1) is 24.2 Å². The summed E-state index contributed by atoms with van der Waals surface area (Å²) in [5, 5.41) is 3.80. The predicted octanol–water partition coefficient (Wildman–Crippen LogP) is 6.49. The maximum atomic E-state index is 13.1. The van der Waals surface area contributed by atoms with E-state index in [1.165, 1.54) is 16.7 Å². The normalized spacial score (nSPS) is 29.4. The Hall–Kier alpha value is -2.25. The number of carbonyl (C=O) groups excluding carboxylic acids is 2. The van der Waals surface area contributed by atoms with E-state index in [1.807, 2.05) is 30.3 Å². The number of fused-ring (bicyclic) bond motifs is 1. The summed E-state index contributed by atoms with van der Waals surface area (Å²) >= 11 is 5.59. The van der Waals surface area contributed by atoms with Crippen LogP contribution in [0.25, 0.3) is 20.8 Å². The van der Waals surface area contributed by atoms with Gasteiger partial charge in [0.2, 0.25) is 0 Å². The van der Waals surface area contributed by atoms with E-state index in [9.17, 15) is 9.59 Å². The van der Waals surface area contributed by atoms with Gasteiger partial charge in [0, 0.05) is 15.6 Å². The van der Waals surface area contributed by atoms with Crippen LogP contribution in [0.1, 0.15) is 44.1 Å². The number of nitrogens with one attached hydrogen (secondary N) is 1. The van der Waals surface area contributed by atoms with Crippen LogP contribution in [0.2, 0.25) is 0 Å². The van der Waals surface area contributed by atoms with Crippen LogP contribution in [0.15, 0.2) is 42.5 Å². The number of alkyl halides is 1. The minimum Gasteiger partial charge on any atom is -0.455 e. The van der Waals surface area contributed by atoms with Crippen LogP contribution >= 0.6 is 27.3 Å². The number of thiazole rings is 1. The molecule has 34 heavy (non-hydrogen) atoms. The van der Waals surface area contributed by atoms with Crippen LogP contribution in [-0.4, -0.2) is 27.8 Å². The Morgan fingerprint density at radius 1 is 1.12 bits per heavy atom. The molecule has 1 N–H and O–H groups in total. The lowest BCUT2D eigenvalue weighted by Crippen LogP contribution is -2.56. The van der Waals surface area contributed by atoms with Gasteiger partial charge in [0.05, 0.1) is 15.6 Å². The molecule has 0 aliphatic heterocycles. The summed E-state index contributed by atoms with van der Waals surface area (Å²) in [4.78, 5) is 30.3. The molecular weight excluding hydrogens is 512 g/mol. The lowest BCUT2D eigenvalue weighted by molar-refractivity contribution is -0.170. The van der Waals surface area contributed by atoms with Gasteiger partial charge < -0.3 is 10.1 Å². The molecule has 5 nitrogen and oxygen atoms in total. The molecule has 0 radical (unpaired) electrons. The van der Waals surface area contributed by atoms with Gasteiger partial charge in [-0.3, -0.25) is 9.59 Å². The first-order chi connectivity index (χ1) is 16.3. The second-order valence-corrected chi connectivity index (χ2v) is 13.3. The van der Waals surface area contributed by atoms with Gasteiger partial charge in [0.15, 0.2) is 6.61 Å². The van der Waals surface area contributed by atoms with E-state index >= 15 is 0 Å². The Kier molecular flexibility index (Phi) is 5.34. The van der Waals surface area contributed by atoms with Gasteiger partial charge in [-0.05, 0) is 99.2 Å². The summed E-state index contributed by atoms with van der Waals surface area (Å²) in [5.74, 6) is 0.691. The number of halogens is 1. The van der Waals surface area contributed by atoms with Crippen LogP contribution in [0.5, 0.6) is 0 Å². The average molecular weight is 539 g/mol. The Balaban J connectivity index is 1.07. The molecule has 4 aliphatic rings. The Morgan fingerprint density at radius 3 is 2.56 bits per heavy atom. The fraction of sp³-hybridized carbons (Fsp3) is 0.444. The number of carbonyl (C=O) groups is 2. The second kappa shape index (κ2) is 8.16. The van der Waals surface area contributed by atoms with Crippen molar-refractivity contribution >= 4 is 55.0 Å². The molecule has 7 rings (SSSR count). The highest BCUT2D eigenvalue weighted by molar-refractivity contribution is 9.10. The summed E-state index contributed by atoms with van der Waals surface area (Å²) in [6.45, 7) is 1.83. The molecule has 1 heterocycles. The van der Waals surface area contributed by atoms with Gasteiger partial charge in [0.25, 0.3) is 5.91 Å². The summed E-state index contributed by atoms with van der Waals surface area (Å²) in [7, 11) is 0. The van der Waals surface area contributed by atoms with E-state index < -0.39 is 5.41 Å². The average Bonchev–Trinajstić information content (AvgIpc) is 3.19. The fourth-order valence-electron chi connectivity index (χ4n) is 6.72. The minimum absolute atomic E-state index is 0.0855. The number of anilines is 1. The zero-order valence-electron chi connectivity index (χ0n) is 19.1. The number of aryl methyl sites for hydroxylation is 1. The van der Waals surface area contributed by atoms with E-state index in [1.54, 1.807) is 11.3 Å². The van der Waals surface area contributed by atoms with Crippen molar-refractivity contribution < 1.29 is 14.3 Å². The molecule has 7 heteroatoms. The van der Waals surface area contributed by atoms with Crippen LogP contribution in [-0.2, 0) is 14.3 Å². The van der Waals surface area contributed by atoms with Crippen LogP contribution in [0.3, 0.4) is 0 Å². The van der Waals surface area contributed by atoms with E-state index in [-0.39, 0.29) is 22.8 Å². The van der Waals surface area contributed by atoms with Crippen molar-refractivity contribution in [3.63, 3.8) is 0 Å². The zero-order chi connectivity index (χ0) is 23.5. The topological polar surface area (TPSA) is 68.3 Å². The molecule has 176 valence electrons. The smallest absolute Gasteiger partial charge is 0.312 e. The van der Waals surface area contributed by atoms with Crippen molar-refractivity contribution in [2.75, 3.05) is 11.9 Å². The third-order valence-corrected chi connectivity index (χ3v) is 9.71. The predicted molar refractivity (Wildman–Crippen MR) is 138 cm³/mol. The van der Waals surface area contributed by atoms with E-state index in [0.29, 0.717) is 17.5 Å². The van der Waals surface area contributed by atoms with E-state index in [4.69, 9.17) is 9.72 Å². The van der Waals surface area contributed by atoms with Gasteiger partial charge in [-0.2, -0.15) is 0 Å². The first kappa shape index (κ1) is 22.2. The lowest BCUT2D eigenvalue weighted by Gasteiger charge is -2.58. The Bertz CT molecular complexity index is 1270. The van der Waals surface area contributed by atoms with E-state index in [2.05, 4.69) is 40.3 Å². The van der Waals surface area contributed by atoms with Crippen LogP contribution < -0.4 is 5.32 Å². The number of ether oxygens (including phenoxy) is 1. The summed E-state index contributed by atoms with van der Waals surface area (Å²) < 4.78 is 6.81. The largest absolute Gasteiger partial charge is 0.455 e. The van der Waals surface area contributed by atoms with Crippen molar-refractivity contribution in [2.24, 2.45) is 17.3 Å².